The van der Waals surface area contributed by atoms with Gasteiger partial charge in [-0.2, -0.15) is 0 Å². The molecule has 0 saturated heterocycles. The minimum Gasteiger partial charge on any atom is -0.361 e. The van der Waals surface area contributed by atoms with Gasteiger partial charge in [0.05, 0.1) is 5.52 Å². The molecule has 1 heterocycles. The topological polar surface area (TPSA) is 31.2 Å². The Kier molecular flexibility index (Phi) is 4.22. The highest BCUT2D eigenvalue weighted by Gasteiger charge is 2.12. The van der Waals surface area contributed by atoms with Crippen LogP contribution in [0.1, 0.15) is 0 Å². The summed E-state index contributed by atoms with van der Waals surface area (Å²) in [5, 5.41) is 1.07. The van der Waals surface area contributed by atoms with Crippen molar-refractivity contribution in [1.82, 2.24) is 4.57 Å². The second-order valence-electron chi connectivity index (χ2n) is 6.01. The van der Waals surface area contributed by atoms with E-state index in [0.29, 0.717) is 6.73 Å². The smallest absolute Gasteiger partial charge is 0.252 e. The van der Waals surface area contributed by atoms with Crippen molar-refractivity contribution < 1.29 is 4.74 Å². The van der Waals surface area contributed by atoms with E-state index in [9.17, 15) is 4.79 Å². The van der Waals surface area contributed by atoms with Crippen molar-refractivity contribution in [3.8, 4) is 0 Å². The number of ether oxygens (including phenoxy) is 1. The van der Waals surface area contributed by atoms with Crippen LogP contribution in [0.15, 0.2) is 41.2 Å². The first kappa shape index (κ1) is 14.0. The third-order valence-electron chi connectivity index (χ3n) is 3.12. The summed E-state index contributed by atoms with van der Waals surface area (Å²) in [6.45, 7) is 8.03. The van der Waals surface area contributed by atoms with E-state index in [0.717, 1.165) is 23.6 Å². The molecule has 0 unspecified atom stereocenters. The molecule has 3 nitrogen and oxygen atoms in total. The van der Waals surface area contributed by atoms with Gasteiger partial charge in [0.15, 0.2) is 0 Å². The highest BCUT2D eigenvalue weighted by Crippen LogP contribution is 2.12. The van der Waals surface area contributed by atoms with Crippen LogP contribution in [0.4, 0.5) is 0 Å². The highest BCUT2D eigenvalue weighted by molar-refractivity contribution is 6.76. The molecule has 102 valence electrons. The third-order valence-corrected chi connectivity index (χ3v) is 4.82. The molecular formula is C15H21NO2Si. The molecule has 0 spiro atoms. The zero-order valence-electron chi connectivity index (χ0n) is 11.8. The minimum atomic E-state index is -1.08. The van der Waals surface area contributed by atoms with Crippen LogP contribution in [0.3, 0.4) is 0 Å². The number of rotatable bonds is 5. The summed E-state index contributed by atoms with van der Waals surface area (Å²) in [6, 6.07) is 12.5. The van der Waals surface area contributed by atoms with E-state index in [1.807, 2.05) is 30.3 Å². The van der Waals surface area contributed by atoms with Crippen LogP contribution >= 0.6 is 0 Å². The van der Waals surface area contributed by atoms with Crippen LogP contribution in [-0.4, -0.2) is 19.2 Å². The maximum Gasteiger partial charge on any atom is 0.252 e. The van der Waals surface area contributed by atoms with Crippen molar-refractivity contribution in [2.45, 2.75) is 32.4 Å². The van der Waals surface area contributed by atoms with Crippen molar-refractivity contribution in [2.24, 2.45) is 0 Å². The van der Waals surface area contributed by atoms with Gasteiger partial charge in [-0.3, -0.25) is 9.36 Å². The van der Waals surface area contributed by atoms with E-state index in [-0.39, 0.29) is 5.56 Å². The average Bonchev–Trinajstić information content (AvgIpc) is 2.35. The van der Waals surface area contributed by atoms with E-state index in [1.54, 1.807) is 10.6 Å². The maximum absolute atomic E-state index is 11.9. The van der Waals surface area contributed by atoms with Gasteiger partial charge >= 0.3 is 0 Å². The number of nitrogens with zero attached hydrogens (tertiary/aromatic N) is 1. The summed E-state index contributed by atoms with van der Waals surface area (Å²) in [5.41, 5.74) is 0.926. The number of fused-ring (bicyclic) bond motifs is 1. The molecule has 1 aromatic carbocycles. The molecule has 0 amide bonds. The van der Waals surface area contributed by atoms with Gasteiger partial charge in [-0.05, 0) is 23.6 Å². The number of hydrogen-bond donors (Lipinski definition) is 0. The Hall–Kier alpha value is -1.39. The molecule has 4 heteroatoms. The fourth-order valence-corrected chi connectivity index (χ4v) is 2.67. The minimum absolute atomic E-state index is 0.00768. The van der Waals surface area contributed by atoms with Crippen LogP contribution in [0.25, 0.3) is 10.9 Å². The first-order chi connectivity index (χ1) is 8.97. The van der Waals surface area contributed by atoms with E-state index < -0.39 is 8.07 Å². The molecule has 0 aliphatic heterocycles. The average molecular weight is 275 g/mol. The molecule has 0 radical (unpaired) electrons. The first-order valence-corrected chi connectivity index (χ1v) is 10.3. The number of benzene rings is 1. The van der Waals surface area contributed by atoms with Gasteiger partial charge in [-0.1, -0.05) is 37.8 Å². The molecule has 19 heavy (non-hydrogen) atoms. The Morgan fingerprint density at radius 1 is 1.11 bits per heavy atom. The number of hydrogen-bond acceptors (Lipinski definition) is 2. The summed E-state index contributed by atoms with van der Waals surface area (Å²) in [7, 11) is -1.08. The lowest BCUT2D eigenvalue weighted by Crippen LogP contribution is -2.24. The van der Waals surface area contributed by atoms with E-state index in [2.05, 4.69) is 19.6 Å². The predicted molar refractivity (Wildman–Crippen MR) is 82.3 cm³/mol. The number of para-hydroxylation sites is 1. The van der Waals surface area contributed by atoms with Crippen molar-refractivity contribution in [3.63, 3.8) is 0 Å². The highest BCUT2D eigenvalue weighted by atomic mass is 28.3. The molecule has 2 rings (SSSR count). The molecule has 0 atom stereocenters. The Labute approximate surface area is 114 Å². The summed E-state index contributed by atoms with van der Waals surface area (Å²) >= 11 is 0. The normalized spacial score (nSPS) is 11.9. The van der Waals surface area contributed by atoms with Crippen molar-refractivity contribution >= 4 is 19.0 Å². The fraction of sp³-hybridized carbons (Fsp3) is 0.400. The van der Waals surface area contributed by atoms with Gasteiger partial charge in [0, 0.05) is 20.7 Å². The number of aromatic nitrogens is 1. The van der Waals surface area contributed by atoms with E-state index in [1.165, 1.54) is 0 Å². The van der Waals surface area contributed by atoms with E-state index >= 15 is 0 Å². The Morgan fingerprint density at radius 3 is 2.58 bits per heavy atom. The quantitative estimate of drug-likeness (QED) is 0.619. The molecule has 0 bridgehead atoms. The van der Waals surface area contributed by atoms with Gasteiger partial charge in [-0.15, -0.1) is 0 Å². The lowest BCUT2D eigenvalue weighted by molar-refractivity contribution is 0.0879. The Morgan fingerprint density at radius 2 is 1.84 bits per heavy atom. The lowest BCUT2D eigenvalue weighted by Gasteiger charge is -2.16. The summed E-state index contributed by atoms with van der Waals surface area (Å²) in [4.78, 5) is 11.9. The first-order valence-electron chi connectivity index (χ1n) is 6.64. The van der Waals surface area contributed by atoms with Gasteiger partial charge in [0.2, 0.25) is 0 Å². The van der Waals surface area contributed by atoms with Crippen molar-refractivity contribution in [1.29, 1.82) is 0 Å². The fourth-order valence-electron chi connectivity index (χ4n) is 1.91. The van der Waals surface area contributed by atoms with Crippen LogP contribution in [0.2, 0.25) is 25.7 Å². The van der Waals surface area contributed by atoms with Crippen LogP contribution in [0, 0.1) is 0 Å². The molecule has 0 fully saturated rings. The monoisotopic (exact) mass is 275 g/mol. The van der Waals surface area contributed by atoms with Gasteiger partial charge in [0.1, 0.15) is 6.73 Å². The summed E-state index contributed by atoms with van der Waals surface area (Å²) in [6.07, 6.45) is 0. The van der Waals surface area contributed by atoms with Crippen LogP contribution in [-0.2, 0) is 11.5 Å². The van der Waals surface area contributed by atoms with Crippen molar-refractivity contribution in [2.75, 3.05) is 6.61 Å². The summed E-state index contributed by atoms with van der Waals surface area (Å²) < 4.78 is 7.38. The standard InChI is InChI=1S/C15H21NO2Si/c1-19(2,3)11-10-18-12-16-14-7-5-4-6-13(14)8-9-15(16)17/h4-9H,10-12H2,1-3H3. The Balaban J connectivity index is 2.12. The second kappa shape index (κ2) is 5.71. The molecule has 0 aliphatic carbocycles. The summed E-state index contributed by atoms with van der Waals surface area (Å²) in [5.74, 6) is 0. The van der Waals surface area contributed by atoms with E-state index in [4.69, 9.17) is 4.74 Å². The molecule has 0 aliphatic rings. The van der Waals surface area contributed by atoms with Gasteiger partial charge in [0.25, 0.3) is 5.56 Å². The van der Waals surface area contributed by atoms with Crippen LogP contribution in [0.5, 0.6) is 0 Å². The predicted octanol–water partition coefficient (Wildman–Crippen LogP) is 3.31. The largest absolute Gasteiger partial charge is 0.361 e. The van der Waals surface area contributed by atoms with Gasteiger partial charge in [-0.25, -0.2) is 0 Å². The molecule has 0 saturated carbocycles. The lowest BCUT2D eigenvalue weighted by atomic mass is 10.2. The SMILES string of the molecule is C[Si](C)(C)CCOCn1c(=O)ccc2ccccc21. The van der Waals surface area contributed by atoms with Crippen molar-refractivity contribution in [3.05, 3.63) is 46.8 Å². The zero-order chi connectivity index (χ0) is 13.9. The molecular weight excluding hydrogens is 254 g/mol. The third kappa shape index (κ3) is 3.78. The van der Waals surface area contributed by atoms with Gasteiger partial charge < -0.3 is 4.74 Å². The Bertz CT molecular complexity index is 613. The molecule has 1 aromatic heterocycles. The molecule has 0 N–H and O–H groups in total. The number of pyridine rings is 1. The zero-order valence-corrected chi connectivity index (χ0v) is 12.8. The molecule has 2 aromatic rings. The maximum atomic E-state index is 11.9. The second-order valence-corrected chi connectivity index (χ2v) is 11.6. The van der Waals surface area contributed by atoms with Crippen LogP contribution < -0.4 is 5.56 Å².